The highest BCUT2D eigenvalue weighted by Crippen LogP contribution is 2.23. The molecule has 0 radical (unpaired) electrons. The average Bonchev–Trinajstić information content (AvgIpc) is 2.60. The van der Waals surface area contributed by atoms with Gasteiger partial charge in [0.1, 0.15) is 0 Å². The number of nitriles is 1. The van der Waals surface area contributed by atoms with Gasteiger partial charge in [-0.25, -0.2) is 4.79 Å². The Morgan fingerprint density at radius 3 is 2.52 bits per heavy atom. The van der Waals surface area contributed by atoms with Crippen LogP contribution in [0.1, 0.15) is 29.2 Å². The molecule has 0 saturated heterocycles. The summed E-state index contributed by atoms with van der Waals surface area (Å²) in [6.45, 7) is 5.50. The maximum Gasteiger partial charge on any atom is 0.343 e. The summed E-state index contributed by atoms with van der Waals surface area (Å²) < 4.78 is 4.92. The van der Waals surface area contributed by atoms with Gasteiger partial charge in [0, 0.05) is 5.56 Å². The van der Waals surface area contributed by atoms with Gasteiger partial charge in [0.2, 0.25) is 0 Å². The van der Waals surface area contributed by atoms with E-state index in [0.29, 0.717) is 16.7 Å². The highest BCUT2D eigenvalue weighted by Gasteiger charge is 2.16. The van der Waals surface area contributed by atoms with Crippen LogP contribution in [-0.4, -0.2) is 5.97 Å². The molecule has 0 spiro atoms. The molecule has 0 saturated carbocycles. The largest absolute Gasteiger partial charge is 0.432 e. The number of esters is 1. The molecule has 0 heterocycles. The Morgan fingerprint density at radius 1 is 1.22 bits per heavy atom. The molecule has 114 valence electrons. The molecule has 3 nitrogen and oxygen atoms in total. The smallest absolute Gasteiger partial charge is 0.343 e. The van der Waals surface area contributed by atoms with Gasteiger partial charge < -0.3 is 4.74 Å². The van der Waals surface area contributed by atoms with Crippen LogP contribution in [0.15, 0.2) is 61.4 Å². The quantitative estimate of drug-likeness (QED) is 0.357. The van der Waals surface area contributed by atoms with Crippen LogP contribution in [0.25, 0.3) is 11.6 Å². The van der Waals surface area contributed by atoms with E-state index in [2.05, 4.69) is 19.6 Å². The molecule has 0 aromatic heterocycles. The summed E-state index contributed by atoms with van der Waals surface area (Å²) in [5.41, 5.74) is 3.37. The van der Waals surface area contributed by atoms with E-state index in [9.17, 15) is 10.1 Å². The molecular weight excluding hydrogens is 286 g/mol. The molecule has 3 heteroatoms. The fourth-order valence-corrected chi connectivity index (χ4v) is 2.22. The third-order valence-corrected chi connectivity index (χ3v) is 3.45. The zero-order valence-corrected chi connectivity index (χ0v) is 13.0. The zero-order valence-electron chi connectivity index (χ0n) is 13.0. The van der Waals surface area contributed by atoms with E-state index in [1.165, 1.54) is 5.56 Å². The summed E-state index contributed by atoms with van der Waals surface area (Å²) >= 11 is 0. The van der Waals surface area contributed by atoms with Crippen LogP contribution in [0.4, 0.5) is 0 Å². The van der Waals surface area contributed by atoms with E-state index in [4.69, 9.17) is 4.74 Å². The van der Waals surface area contributed by atoms with Crippen LogP contribution >= 0.6 is 0 Å². The lowest BCUT2D eigenvalue weighted by Crippen LogP contribution is -2.05. The van der Waals surface area contributed by atoms with Crippen LogP contribution < -0.4 is 0 Å². The molecule has 2 rings (SSSR count). The molecule has 23 heavy (non-hydrogen) atoms. The lowest BCUT2D eigenvalue weighted by atomic mass is 9.98. The summed E-state index contributed by atoms with van der Waals surface area (Å²) in [6.07, 6.45) is 3.76. The van der Waals surface area contributed by atoms with Crippen molar-refractivity contribution in [1.29, 1.82) is 5.26 Å². The second-order valence-corrected chi connectivity index (χ2v) is 4.88. The van der Waals surface area contributed by atoms with Crippen molar-refractivity contribution in [3.63, 3.8) is 0 Å². The number of carbonyl (C=O) groups is 1. The third-order valence-electron chi connectivity index (χ3n) is 3.45. The molecular formula is C20H17NO2. The first kappa shape index (κ1) is 16.3. The van der Waals surface area contributed by atoms with Gasteiger partial charge in [-0.3, -0.25) is 0 Å². The predicted molar refractivity (Wildman–Crippen MR) is 91.1 cm³/mol. The van der Waals surface area contributed by atoms with Crippen molar-refractivity contribution in [2.24, 2.45) is 0 Å². The van der Waals surface area contributed by atoms with Gasteiger partial charge in [-0.2, -0.15) is 5.26 Å². The lowest BCUT2D eigenvalue weighted by Gasteiger charge is -2.08. The first-order chi connectivity index (χ1) is 11.2. The fourth-order valence-electron chi connectivity index (χ4n) is 2.22. The highest BCUT2D eigenvalue weighted by atomic mass is 16.5. The number of hydrogen-bond acceptors (Lipinski definition) is 3. The molecule has 0 amide bonds. The first-order valence-corrected chi connectivity index (χ1v) is 7.31. The van der Waals surface area contributed by atoms with E-state index in [0.717, 1.165) is 18.2 Å². The van der Waals surface area contributed by atoms with Gasteiger partial charge in [0.05, 0.1) is 23.5 Å². The lowest BCUT2D eigenvalue weighted by molar-refractivity contribution is -0.131. The van der Waals surface area contributed by atoms with Crippen molar-refractivity contribution < 1.29 is 9.53 Å². The molecule has 0 N–H and O–H groups in total. The van der Waals surface area contributed by atoms with Crippen LogP contribution in [0.3, 0.4) is 0 Å². The summed E-state index contributed by atoms with van der Waals surface area (Å²) in [5, 5.41) is 9.26. The molecule has 0 bridgehead atoms. The molecule has 0 atom stereocenters. The number of aryl methyl sites for hydroxylation is 1. The minimum atomic E-state index is -0.540. The van der Waals surface area contributed by atoms with E-state index in [1.807, 2.05) is 24.3 Å². The first-order valence-electron chi connectivity index (χ1n) is 7.31. The molecule has 0 unspecified atom stereocenters. The number of nitrogens with zero attached hydrogens (tertiary/aromatic N) is 1. The van der Waals surface area contributed by atoms with Crippen molar-refractivity contribution in [2.45, 2.75) is 13.3 Å². The van der Waals surface area contributed by atoms with E-state index in [-0.39, 0.29) is 0 Å². The van der Waals surface area contributed by atoms with E-state index in [1.54, 1.807) is 30.3 Å². The minimum absolute atomic E-state index is 0.325. The fraction of sp³-hybridized carbons (Fsp3) is 0.100. The van der Waals surface area contributed by atoms with Crippen LogP contribution in [0, 0.1) is 11.3 Å². The van der Waals surface area contributed by atoms with Gasteiger partial charge in [0.15, 0.2) is 0 Å². The SMILES string of the molecule is C=COC(=O)/C(=C/c1ccc(CC)cc1)c1ccccc1C#N. The molecule has 2 aromatic rings. The summed E-state index contributed by atoms with van der Waals surface area (Å²) in [4.78, 5) is 12.3. The summed E-state index contributed by atoms with van der Waals surface area (Å²) in [5.74, 6) is -0.540. The number of benzene rings is 2. The van der Waals surface area contributed by atoms with Crippen LogP contribution in [0.5, 0.6) is 0 Å². The topological polar surface area (TPSA) is 50.1 Å². The van der Waals surface area contributed by atoms with Crippen LogP contribution in [0.2, 0.25) is 0 Å². The Balaban J connectivity index is 2.53. The monoisotopic (exact) mass is 303 g/mol. The van der Waals surface area contributed by atoms with Crippen molar-refractivity contribution in [3.05, 3.63) is 83.6 Å². The van der Waals surface area contributed by atoms with Crippen molar-refractivity contribution >= 4 is 17.6 Å². The normalized spacial score (nSPS) is 10.7. The van der Waals surface area contributed by atoms with Crippen LogP contribution in [-0.2, 0) is 16.0 Å². The second kappa shape index (κ2) is 7.77. The summed E-state index contributed by atoms with van der Waals surface area (Å²) in [7, 11) is 0. The van der Waals surface area contributed by atoms with Crippen molar-refractivity contribution in [3.8, 4) is 6.07 Å². The Morgan fingerprint density at radius 2 is 1.91 bits per heavy atom. The molecule has 2 aromatic carbocycles. The Labute approximate surface area is 136 Å². The second-order valence-electron chi connectivity index (χ2n) is 4.88. The Bertz CT molecular complexity index is 780. The van der Waals surface area contributed by atoms with Gasteiger partial charge in [-0.05, 0) is 29.7 Å². The summed E-state index contributed by atoms with van der Waals surface area (Å²) in [6, 6.07) is 17.0. The van der Waals surface area contributed by atoms with Gasteiger partial charge >= 0.3 is 5.97 Å². The van der Waals surface area contributed by atoms with E-state index >= 15 is 0 Å². The standard InChI is InChI=1S/C20H17NO2/c1-3-15-9-11-16(12-10-15)13-19(20(22)23-4-2)18-8-6-5-7-17(18)14-21/h4-13H,2-3H2,1H3/b19-13+. The highest BCUT2D eigenvalue weighted by molar-refractivity contribution is 6.22. The number of carbonyl (C=O) groups excluding carboxylic acids is 1. The van der Waals surface area contributed by atoms with E-state index < -0.39 is 5.97 Å². The molecule has 0 aliphatic carbocycles. The van der Waals surface area contributed by atoms with Gasteiger partial charge in [-0.15, -0.1) is 0 Å². The Kier molecular flexibility index (Phi) is 5.49. The zero-order chi connectivity index (χ0) is 16.7. The van der Waals surface area contributed by atoms with Crippen molar-refractivity contribution in [1.82, 2.24) is 0 Å². The number of hydrogen-bond donors (Lipinski definition) is 0. The number of rotatable bonds is 5. The molecule has 0 fully saturated rings. The van der Waals surface area contributed by atoms with Crippen molar-refractivity contribution in [2.75, 3.05) is 0 Å². The minimum Gasteiger partial charge on any atom is -0.432 e. The molecule has 0 aliphatic heterocycles. The van der Waals surface area contributed by atoms with Gasteiger partial charge in [-0.1, -0.05) is 56.0 Å². The predicted octanol–water partition coefficient (Wildman–Crippen LogP) is 4.35. The molecule has 0 aliphatic rings. The maximum atomic E-state index is 12.3. The Hall–Kier alpha value is -3.12. The third kappa shape index (κ3) is 3.96. The maximum absolute atomic E-state index is 12.3. The average molecular weight is 303 g/mol. The number of ether oxygens (including phenoxy) is 1. The van der Waals surface area contributed by atoms with Gasteiger partial charge in [0.25, 0.3) is 0 Å².